The number of aromatic nitrogens is 2. The first kappa shape index (κ1) is 13.1. The number of carbonyl (C=O) groups excluding carboxylic acids is 1. The third-order valence-electron chi connectivity index (χ3n) is 3.91. The molecule has 3 heterocycles. The van der Waals surface area contributed by atoms with E-state index in [1.165, 1.54) is 13.5 Å². The standard InChI is InChI=1S/C15H19N3O2/c1-10-5-4-8-18-12(9-11-6-3-7-16-11)17-13(14(10)18)15(19)20-2/h4-5,8,11,16H,3,6-7,9H2,1-2H3. The van der Waals surface area contributed by atoms with Gasteiger partial charge in [0.05, 0.1) is 12.6 Å². The van der Waals surface area contributed by atoms with Gasteiger partial charge in [-0.25, -0.2) is 9.78 Å². The van der Waals surface area contributed by atoms with Crippen LogP contribution in [-0.4, -0.2) is 35.1 Å². The number of hydrogen-bond acceptors (Lipinski definition) is 4. The number of ether oxygens (including phenoxy) is 1. The lowest BCUT2D eigenvalue weighted by Gasteiger charge is -2.09. The van der Waals surface area contributed by atoms with Crippen molar-refractivity contribution in [2.45, 2.75) is 32.2 Å². The molecular formula is C15H19N3O2. The van der Waals surface area contributed by atoms with E-state index in [2.05, 4.69) is 10.3 Å². The quantitative estimate of drug-likeness (QED) is 0.865. The molecule has 0 aliphatic carbocycles. The Bertz CT molecular complexity index is 642. The summed E-state index contributed by atoms with van der Waals surface area (Å²) in [6.45, 7) is 3.05. The third kappa shape index (κ3) is 2.18. The Balaban J connectivity index is 2.07. The number of aryl methyl sites for hydroxylation is 1. The summed E-state index contributed by atoms with van der Waals surface area (Å²) in [7, 11) is 1.39. The maximum atomic E-state index is 11.9. The fourth-order valence-corrected chi connectivity index (χ4v) is 2.90. The highest BCUT2D eigenvalue weighted by Crippen LogP contribution is 2.20. The van der Waals surface area contributed by atoms with Gasteiger partial charge < -0.3 is 14.5 Å². The Kier molecular flexibility index (Phi) is 3.44. The highest BCUT2D eigenvalue weighted by molar-refractivity contribution is 5.96. The molecule has 0 aromatic carbocycles. The van der Waals surface area contributed by atoms with Gasteiger partial charge in [-0.3, -0.25) is 0 Å². The normalized spacial score (nSPS) is 18.6. The maximum absolute atomic E-state index is 11.9. The van der Waals surface area contributed by atoms with E-state index in [-0.39, 0.29) is 5.97 Å². The molecule has 1 atom stereocenters. The number of hydrogen-bond donors (Lipinski definition) is 1. The topological polar surface area (TPSA) is 55.6 Å². The van der Waals surface area contributed by atoms with Crippen LogP contribution in [-0.2, 0) is 11.2 Å². The van der Waals surface area contributed by atoms with Crippen molar-refractivity contribution in [1.82, 2.24) is 14.7 Å². The first-order chi connectivity index (χ1) is 9.70. The van der Waals surface area contributed by atoms with Crippen molar-refractivity contribution in [2.75, 3.05) is 13.7 Å². The number of methoxy groups -OCH3 is 1. The van der Waals surface area contributed by atoms with E-state index >= 15 is 0 Å². The molecule has 0 amide bonds. The molecule has 0 saturated carbocycles. The Hall–Kier alpha value is -1.88. The molecule has 2 aromatic rings. The van der Waals surface area contributed by atoms with Gasteiger partial charge in [0.15, 0.2) is 5.69 Å². The zero-order valence-electron chi connectivity index (χ0n) is 11.8. The Morgan fingerprint density at radius 3 is 3.15 bits per heavy atom. The number of fused-ring (bicyclic) bond motifs is 1. The van der Waals surface area contributed by atoms with Crippen LogP contribution in [0.15, 0.2) is 18.3 Å². The van der Waals surface area contributed by atoms with Crippen molar-refractivity contribution in [3.8, 4) is 0 Å². The van der Waals surface area contributed by atoms with E-state index in [4.69, 9.17) is 4.74 Å². The minimum Gasteiger partial charge on any atom is -0.464 e. The minimum absolute atomic E-state index is 0.373. The molecule has 0 bridgehead atoms. The summed E-state index contributed by atoms with van der Waals surface area (Å²) < 4.78 is 6.87. The van der Waals surface area contributed by atoms with Gasteiger partial charge in [0, 0.05) is 18.7 Å². The van der Waals surface area contributed by atoms with Gasteiger partial charge in [-0.2, -0.15) is 0 Å². The van der Waals surface area contributed by atoms with Crippen molar-refractivity contribution in [3.63, 3.8) is 0 Å². The molecule has 106 valence electrons. The van der Waals surface area contributed by atoms with Gasteiger partial charge in [-0.05, 0) is 37.9 Å². The predicted octanol–water partition coefficient (Wildman–Crippen LogP) is 1.72. The van der Waals surface area contributed by atoms with Gasteiger partial charge in [0.25, 0.3) is 0 Å². The zero-order valence-corrected chi connectivity index (χ0v) is 11.8. The van der Waals surface area contributed by atoms with Crippen LogP contribution in [0.5, 0.6) is 0 Å². The van der Waals surface area contributed by atoms with E-state index < -0.39 is 0 Å². The fourth-order valence-electron chi connectivity index (χ4n) is 2.90. The Morgan fingerprint density at radius 1 is 1.60 bits per heavy atom. The van der Waals surface area contributed by atoms with E-state index in [9.17, 15) is 4.79 Å². The van der Waals surface area contributed by atoms with Crippen molar-refractivity contribution in [3.05, 3.63) is 35.4 Å². The molecule has 0 spiro atoms. The monoisotopic (exact) mass is 273 g/mol. The van der Waals surface area contributed by atoms with Crippen molar-refractivity contribution in [1.29, 1.82) is 0 Å². The van der Waals surface area contributed by atoms with E-state index in [0.29, 0.717) is 11.7 Å². The van der Waals surface area contributed by atoms with Crippen molar-refractivity contribution >= 4 is 11.5 Å². The highest BCUT2D eigenvalue weighted by atomic mass is 16.5. The molecule has 1 aliphatic heterocycles. The molecule has 3 rings (SSSR count). The number of rotatable bonds is 3. The summed E-state index contributed by atoms with van der Waals surface area (Å²) in [4.78, 5) is 16.4. The van der Waals surface area contributed by atoms with Crippen LogP contribution >= 0.6 is 0 Å². The molecule has 5 heteroatoms. The number of pyridine rings is 1. The van der Waals surface area contributed by atoms with Gasteiger partial charge in [-0.15, -0.1) is 0 Å². The van der Waals surface area contributed by atoms with Gasteiger partial charge in [0.1, 0.15) is 5.82 Å². The summed E-state index contributed by atoms with van der Waals surface area (Å²) in [5, 5.41) is 3.47. The molecular weight excluding hydrogens is 254 g/mol. The summed E-state index contributed by atoms with van der Waals surface area (Å²) in [5.41, 5.74) is 2.30. The molecule has 1 unspecified atom stereocenters. The number of nitrogens with one attached hydrogen (secondary N) is 1. The zero-order chi connectivity index (χ0) is 14.1. The summed E-state index contributed by atoms with van der Waals surface area (Å²) in [6.07, 6.45) is 5.17. The largest absolute Gasteiger partial charge is 0.464 e. The lowest BCUT2D eigenvalue weighted by molar-refractivity contribution is 0.0596. The first-order valence-corrected chi connectivity index (χ1v) is 6.99. The van der Waals surface area contributed by atoms with E-state index in [0.717, 1.165) is 36.3 Å². The molecule has 0 radical (unpaired) electrons. The molecule has 2 aromatic heterocycles. The van der Waals surface area contributed by atoms with Gasteiger partial charge in [-0.1, -0.05) is 6.07 Å². The number of esters is 1. The third-order valence-corrected chi connectivity index (χ3v) is 3.91. The van der Waals surface area contributed by atoms with E-state index in [1.807, 2.05) is 29.7 Å². The van der Waals surface area contributed by atoms with Crippen LogP contribution < -0.4 is 5.32 Å². The average Bonchev–Trinajstić information content (AvgIpc) is 3.08. The summed E-state index contributed by atoms with van der Waals surface area (Å²) >= 11 is 0. The Morgan fingerprint density at radius 2 is 2.45 bits per heavy atom. The van der Waals surface area contributed by atoms with Crippen LogP contribution in [0.2, 0.25) is 0 Å². The maximum Gasteiger partial charge on any atom is 0.358 e. The van der Waals surface area contributed by atoms with Gasteiger partial charge in [0.2, 0.25) is 0 Å². The lowest BCUT2D eigenvalue weighted by Crippen LogP contribution is -2.24. The minimum atomic E-state index is -0.373. The molecule has 1 saturated heterocycles. The smallest absolute Gasteiger partial charge is 0.358 e. The van der Waals surface area contributed by atoms with Gasteiger partial charge >= 0.3 is 5.97 Å². The molecule has 5 nitrogen and oxygen atoms in total. The van der Waals surface area contributed by atoms with Crippen molar-refractivity contribution < 1.29 is 9.53 Å². The summed E-state index contributed by atoms with van der Waals surface area (Å²) in [6, 6.07) is 4.42. The summed E-state index contributed by atoms with van der Waals surface area (Å²) in [5.74, 6) is 0.547. The van der Waals surface area contributed by atoms with E-state index in [1.54, 1.807) is 0 Å². The molecule has 1 aliphatic rings. The second-order valence-electron chi connectivity index (χ2n) is 5.28. The Labute approximate surface area is 118 Å². The fraction of sp³-hybridized carbons (Fsp3) is 0.467. The van der Waals surface area contributed by atoms with Crippen LogP contribution in [0.1, 0.15) is 34.7 Å². The first-order valence-electron chi connectivity index (χ1n) is 6.99. The SMILES string of the molecule is COC(=O)c1nc(CC2CCCN2)n2cccc(C)c12. The second-order valence-corrected chi connectivity index (χ2v) is 5.28. The van der Waals surface area contributed by atoms with Crippen molar-refractivity contribution in [2.24, 2.45) is 0 Å². The highest BCUT2D eigenvalue weighted by Gasteiger charge is 2.22. The average molecular weight is 273 g/mol. The molecule has 1 fully saturated rings. The number of imidazole rings is 1. The van der Waals surface area contributed by atoms with Crippen LogP contribution in [0, 0.1) is 6.92 Å². The molecule has 20 heavy (non-hydrogen) atoms. The predicted molar refractivity (Wildman–Crippen MR) is 76.0 cm³/mol. The lowest BCUT2D eigenvalue weighted by atomic mass is 10.1. The number of carbonyl (C=O) groups is 1. The van der Waals surface area contributed by atoms with Crippen LogP contribution in [0.3, 0.4) is 0 Å². The molecule has 1 N–H and O–H groups in total. The van der Waals surface area contributed by atoms with Crippen LogP contribution in [0.25, 0.3) is 5.52 Å². The second kappa shape index (κ2) is 5.25. The number of nitrogens with zero attached hydrogens (tertiary/aromatic N) is 2. The van der Waals surface area contributed by atoms with Crippen LogP contribution in [0.4, 0.5) is 0 Å².